The molecule has 0 spiro atoms. The number of hydrogen-bond acceptors (Lipinski definition) is 11. The molecule has 2 rings (SSSR count). The molecule has 2 saturated heterocycles. The number of unbranched alkanes of at least 4 members (excludes halogenated alkanes) is 6. The van der Waals surface area contributed by atoms with E-state index in [-0.39, 0.29) is 6.61 Å². The van der Waals surface area contributed by atoms with Crippen molar-refractivity contribution in [2.45, 2.75) is 127 Å². The largest absolute Gasteiger partial charge is 0.394 e. The summed E-state index contributed by atoms with van der Waals surface area (Å²) in [5, 5.41) is 52.3. The van der Waals surface area contributed by atoms with Crippen molar-refractivity contribution >= 4 is 0 Å². The molecule has 11 heteroatoms. The summed E-state index contributed by atoms with van der Waals surface area (Å²) in [6, 6.07) is 0. The Morgan fingerprint density at radius 3 is 1.86 bits per heavy atom. The topological polar surface area (TPSA) is 157 Å². The summed E-state index contributed by atoms with van der Waals surface area (Å²) in [7, 11) is 1.30. The van der Waals surface area contributed by atoms with Gasteiger partial charge < -0.3 is 54.0 Å². The first-order valence-corrected chi connectivity index (χ1v) is 13.4. The maximum Gasteiger partial charge on any atom is 0.187 e. The Morgan fingerprint density at radius 1 is 0.667 bits per heavy atom. The van der Waals surface area contributed by atoms with Crippen LogP contribution < -0.4 is 0 Å². The summed E-state index contributed by atoms with van der Waals surface area (Å²) < 4.78 is 34.0. The van der Waals surface area contributed by atoms with Gasteiger partial charge in [0.25, 0.3) is 0 Å². The van der Waals surface area contributed by atoms with Gasteiger partial charge in [0.05, 0.1) is 13.2 Å². The van der Waals surface area contributed by atoms with Gasteiger partial charge >= 0.3 is 0 Å². The molecule has 2 aliphatic heterocycles. The van der Waals surface area contributed by atoms with Gasteiger partial charge in [0.1, 0.15) is 48.8 Å². The highest BCUT2D eigenvalue weighted by Gasteiger charge is 2.51. The van der Waals surface area contributed by atoms with Crippen LogP contribution in [0.2, 0.25) is 0 Å². The average molecular weight is 525 g/mol. The number of ether oxygens (including phenoxy) is 6. The van der Waals surface area contributed by atoms with E-state index >= 15 is 0 Å². The number of aliphatic hydroxyl groups is 5. The summed E-state index contributed by atoms with van der Waals surface area (Å²) in [6.07, 6.45) is -3.99. The molecule has 11 nitrogen and oxygen atoms in total. The zero-order valence-corrected chi connectivity index (χ0v) is 21.9. The van der Waals surface area contributed by atoms with Crippen LogP contribution in [0.1, 0.15) is 65.2 Å². The lowest BCUT2D eigenvalue weighted by Crippen LogP contribution is -2.65. The Morgan fingerprint density at radius 2 is 1.25 bits per heavy atom. The van der Waals surface area contributed by atoms with Crippen molar-refractivity contribution < 1.29 is 54.0 Å². The van der Waals surface area contributed by atoms with Crippen molar-refractivity contribution in [2.75, 3.05) is 33.5 Å². The third kappa shape index (κ3) is 9.09. The number of methoxy groups -OCH3 is 1. The van der Waals surface area contributed by atoms with E-state index < -0.39 is 68.0 Å². The second kappa shape index (κ2) is 17.2. The van der Waals surface area contributed by atoms with Crippen LogP contribution in [-0.2, 0) is 28.4 Å². The van der Waals surface area contributed by atoms with Gasteiger partial charge in [-0.15, -0.1) is 0 Å². The van der Waals surface area contributed by atoms with Gasteiger partial charge in [0.2, 0.25) is 0 Å². The molecule has 0 unspecified atom stereocenters. The van der Waals surface area contributed by atoms with Crippen molar-refractivity contribution in [2.24, 2.45) is 0 Å². The van der Waals surface area contributed by atoms with E-state index in [0.717, 1.165) is 51.4 Å². The first-order valence-electron chi connectivity index (χ1n) is 13.4. The van der Waals surface area contributed by atoms with E-state index in [9.17, 15) is 25.5 Å². The van der Waals surface area contributed by atoms with Gasteiger partial charge in [-0.3, -0.25) is 0 Å². The molecule has 36 heavy (non-hydrogen) atoms. The minimum Gasteiger partial charge on any atom is -0.394 e. The molecule has 10 atom stereocenters. The highest BCUT2D eigenvalue weighted by Crippen LogP contribution is 2.30. The third-order valence-corrected chi connectivity index (χ3v) is 6.72. The predicted molar refractivity (Wildman–Crippen MR) is 129 cm³/mol. The molecule has 0 aliphatic carbocycles. The molecule has 0 aromatic carbocycles. The van der Waals surface area contributed by atoms with Crippen LogP contribution >= 0.6 is 0 Å². The molecule has 5 N–H and O–H groups in total. The van der Waals surface area contributed by atoms with Crippen molar-refractivity contribution in [3.63, 3.8) is 0 Å². The molecule has 0 amide bonds. The van der Waals surface area contributed by atoms with Crippen LogP contribution in [0.15, 0.2) is 0 Å². The van der Waals surface area contributed by atoms with E-state index in [4.69, 9.17) is 28.4 Å². The number of aliphatic hydroxyl groups excluding tert-OH is 5. The minimum atomic E-state index is -1.50. The second-order valence-electron chi connectivity index (χ2n) is 9.60. The van der Waals surface area contributed by atoms with Crippen molar-refractivity contribution in [3.05, 3.63) is 0 Å². The highest BCUT2D eigenvalue weighted by atomic mass is 16.7. The molecule has 2 fully saturated rings. The van der Waals surface area contributed by atoms with Crippen molar-refractivity contribution in [1.82, 2.24) is 0 Å². The Labute approximate surface area is 214 Å². The Bertz CT molecular complexity index is 566. The van der Waals surface area contributed by atoms with Crippen LogP contribution in [0.25, 0.3) is 0 Å². The smallest absolute Gasteiger partial charge is 0.187 e. The predicted octanol–water partition coefficient (Wildman–Crippen LogP) is 0.466. The van der Waals surface area contributed by atoms with Gasteiger partial charge in [-0.1, -0.05) is 52.4 Å². The van der Waals surface area contributed by atoms with Crippen molar-refractivity contribution in [1.29, 1.82) is 0 Å². The maximum atomic E-state index is 10.9. The van der Waals surface area contributed by atoms with Gasteiger partial charge in [-0.2, -0.15) is 0 Å². The number of hydrogen-bond donors (Lipinski definition) is 5. The Balaban J connectivity index is 2.05. The molecule has 0 radical (unpaired) electrons. The van der Waals surface area contributed by atoms with Crippen LogP contribution in [0, 0.1) is 0 Å². The minimum absolute atomic E-state index is 0.122. The molecule has 214 valence electrons. The summed E-state index contributed by atoms with van der Waals surface area (Å²) in [4.78, 5) is 0. The molecular weight excluding hydrogens is 476 g/mol. The van der Waals surface area contributed by atoms with Crippen LogP contribution in [0.5, 0.6) is 0 Å². The Kier molecular flexibility index (Phi) is 15.2. The first-order chi connectivity index (χ1) is 17.4. The molecular formula is C25H48O11. The van der Waals surface area contributed by atoms with E-state index in [2.05, 4.69) is 13.8 Å². The van der Waals surface area contributed by atoms with Crippen LogP contribution in [0.4, 0.5) is 0 Å². The third-order valence-electron chi connectivity index (χ3n) is 6.72. The van der Waals surface area contributed by atoms with E-state index in [1.54, 1.807) is 0 Å². The molecule has 0 aromatic rings. The fraction of sp³-hybridized carbons (Fsp3) is 1.00. The van der Waals surface area contributed by atoms with Crippen LogP contribution in [-0.4, -0.2) is 120 Å². The summed E-state index contributed by atoms with van der Waals surface area (Å²) >= 11 is 0. The van der Waals surface area contributed by atoms with Gasteiger partial charge in [-0.25, -0.2) is 0 Å². The fourth-order valence-electron chi connectivity index (χ4n) is 4.51. The van der Waals surface area contributed by atoms with E-state index in [1.807, 2.05) is 0 Å². The normalized spacial score (nSPS) is 37.3. The van der Waals surface area contributed by atoms with Gasteiger partial charge in [0.15, 0.2) is 12.6 Å². The second-order valence-corrected chi connectivity index (χ2v) is 9.60. The van der Waals surface area contributed by atoms with Crippen LogP contribution in [0.3, 0.4) is 0 Å². The SMILES string of the molecule is CCCCCCOC[C@H]1O[C@@H](O[C@H]2[C@H](O)[C@@H](O)[C@H](OC)O[C@@H]2CO)[C@H](O)[C@@H](O)[C@H]1OCCCCCC. The average Bonchev–Trinajstić information content (AvgIpc) is 2.88. The lowest BCUT2D eigenvalue weighted by Gasteiger charge is -2.46. The van der Waals surface area contributed by atoms with E-state index in [1.165, 1.54) is 7.11 Å². The maximum absolute atomic E-state index is 10.9. The fourth-order valence-corrected chi connectivity index (χ4v) is 4.51. The lowest BCUT2D eigenvalue weighted by molar-refractivity contribution is -0.360. The first kappa shape index (κ1) is 31.8. The molecule has 0 saturated carbocycles. The summed E-state index contributed by atoms with van der Waals surface area (Å²) in [5.41, 5.74) is 0. The van der Waals surface area contributed by atoms with E-state index in [0.29, 0.717) is 13.2 Å². The molecule has 2 heterocycles. The Hall–Kier alpha value is -0.440. The monoisotopic (exact) mass is 524 g/mol. The zero-order valence-electron chi connectivity index (χ0n) is 21.9. The number of rotatable bonds is 17. The molecule has 0 aromatic heterocycles. The molecule has 0 bridgehead atoms. The van der Waals surface area contributed by atoms with Crippen molar-refractivity contribution in [3.8, 4) is 0 Å². The zero-order chi connectivity index (χ0) is 26.5. The summed E-state index contributed by atoms with van der Waals surface area (Å²) in [5.74, 6) is 0. The van der Waals surface area contributed by atoms with Gasteiger partial charge in [0, 0.05) is 20.3 Å². The lowest BCUT2D eigenvalue weighted by atomic mass is 9.96. The molecule has 2 aliphatic rings. The summed E-state index contributed by atoms with van der Waals surface area (Å²) in [6.45, 7) is 4.77. The standard InChI is InChI=1S/C25H48O11/c1-4-6-8-10-12-32-15-17-22(33-13-11-9-7-5-2)18(27)21(30)25(35-17)36-23-16(14-26)34-24(31-3)20(29)19(23)28/h16-30H,4-15H2,1-3H3/t16-,17-,18-,19-,20-,21-,22+,23-,24-,25+/m1/s1. The van der Waals surface area contributed by atoms with Gasteiger partial charge in [-0.05, 0) is 12.8 Å². The quantitative estimate of drug-likeness (QED) is 0.169. The highest BCUT2D eigenvalue weighted by molar-refractivity contribution is 4.94.